The van der Waals surface area contributed by atoms with Crippen molar-refractivity contribution in [2.45, 2.75) is 23.3 Å². The second-order valence-electron chi connectivity index (χ2n) is 6.79. The van der Waals surface area contributed by atoms with Crippen LogP contribution < -0.4 is 5.32 Å². The number of rotatable bonds is 5. The normalized spacial score (nSPS) is 11.5. The van der Waals surface area contributed by atoms with E-state index in [-0.39, 0.29) is 33.0 Å². The summed E-state index contributed by atoms with van der Waals surface area (Å²) in [5.74, 6) is -0.180. The molecule has 0 saturated heterocycles. The van der Waals surface area contributed by atoms with E-state index in [1.54, 1.807) is 48.8 Å². The minimum absolute atomic E-state index is 0.0650. The number of furan rings is 1. The van der Waals surface area contributed by atoms with Crippen LogP contribution >= 0.6 is 11.6 Å². The molecule has 6 nitrogen and oxygen atoms in total. The molecule has 0 saturated carbocycles. The molecule has 2 aromatic carbocycles. The highest BCUT2D eigenvalue weighted by atomic mass is 35.5. The van der Waals surface area contributed by atoms with Crippen molar-refractivity contribution in [2.24, 2.45) is 0 Å². The first-order valence-corrected chi connectivity index (χ1v) is 10.9. The van der Waals surface area contributed by atoms with Gasteiger partial charge in [-0.3, -0.25) is 9.78 Å². The highest BCUT2D eigenvalue weighted by Gasteiger charge is 2.21. The van der Waals surface area contributed by atoms with Gasteiger partial charge < -0.3 is 9.73 Å². The lowest BCUT2D eigenvalue weighted by Crippen LogP contribution is -2.22. The Morgan fingerprint density at radius 3 is 2.57 bits per heavy atom. The van der Waals surface area contributed by atoms with Crippen molar-refractivity contribution >= 4 is 38.3 Å². The molecule has 0 aliphatic carbocycles. The van der Waals surface area contributed by atoms with Gasteiger partial charge in [-0.15, -0.1) is 0 Å². The summed E-state index contributed by atoms with van der Waals surface area (Å²) in [6.45, 7) is 2.06. The molecule has 152 valence electrons. The molecule has 1 N–H and O–H groups in total. The molecule has 0 aliphatic rings. The molecule has 1 amide bonds. The topological polar surface area (TPSA) is 89.3 Å². The Kier molecular flexibility index (Phi) is 5.32. The summed E-state index contributed by atoms with van der Waals surface area (Å²) in [7, 11) is -3.73. The highest BCUT2D eigenvalue weighted by Crippen LogP contribution is 2.28. The summed E-state index contributed by atoms with van der Waals surface area (Å²) < 4.78 is 31.2. The van der Waals surface area contributed by atoms with Crippen molar-refractivity contribution in [1.82, 2.24) is 10.3 Å². The number of fused-ring (bicyclic) bond motifs is 1. The lowest BCUT2D eigenvalue weighted by molar-refractivity contribution is 0.0925. The number of carbonyl (C=O) groups is 1. The van der Waals surface area contributed by atoms with Crippen molar-refractivity contribution < 1.29 is 17.6 Å². The fraction of sp³-hybridized carbons (Fsp3) is 0.0909. The van der Waals surface area contributed by atoms with E-state index in [1.165, 1.54) is 18.2 Å². The molecule has 30 heavy (non-hydrogen) atoms. The van der Waals surface area contributed by atoms with Crippen molar-refractivity contribution in [3.63, 3.8) is 0 Å². The van der Waals surface area contributed by atoms with Crippen LogP contribution in [0.2, 0.25) is 5.02 Å². The largest absolute Gasteiger partial charge is 0.449 e. The number of carbonyl (C=O) groups excluding carboxylic acids is 1. The van der Waals surface area contributed by atoms with Crippen LogP contribution in [0.3, 0.4) is 0 Å². The number of pyridine rings is 1. The van der Waals surface area contributed by atoms with Gasteiger partial charge >= 0.3 is 0 Å². The maximum absolute atomic E-state index is 12.8. The zero-order valence-corrected chi connectivity index (χ0v) is 17.5. The molecule has 2 aromatic heterocycles. The van der Waals surface area contributed by atoms with Gasteiger partial charge in [-0.2, -0.15) is 0 Å². The molecule has 0 aliphatic heterocycles. The van der Waals surface area contributed by atoms with Gasteiger partial charge in [0.1, 0.15) is 0 Å². The number of aromatic nitrogens is 1. The zero-order valence-electron chi connectivity index (χ0n) is 15.9. The van der Waals surface area contributed by atoms with E-state index in [2.05, 4.69) is 10.3 Å². The molecule has 2 heterocycles. The molecule has 4 aromatic rings. The van der Waals surface area contributed by atoms with Crippen LogP contribution in [-0.4, -0.2) is 19.3 Å². The molecular formula is C22H17ClN2O4S. The summed E-state index contributed by atoms with van der Waals surface area (Å²) in [5, 5.41) is 3.74. The maximum atomic E-state index is 12.8. The standard InChI is InChI=1S/C22H17ClN2O4S/c1-14-2-7-21(18(23)10-14)30(27,28)17-5-3-15(4-6-17)12-25-22(26)19-11-16-8-9-24-13-20(16)29-19/h2-11,13H,12H2,1H3,(H,25,26). The lowest BCUT2D eigenvalue weighted by atomic mass is 10.2. The summed E-state index contributed by atoms with van der Waals surface area (Å²) in [5.41, 5.74) is 2.16. The molecule has 8 heteroatoms. The second kappa shape index (κ2) is 7.93. The first-order chi connectivity index (χ1) is 14.3. The number of nitrogens with zero attached hydrogens (tertiary/aromatic N) is 1. The first kappa shape index (κ1) is 20.1. The van der Waals surface area contributed by atoms with E-state index < -0.39 is 9.84 Å². The Morgan fingerprint density at radius 2 is 1.87 bits per heavy atom. The van der Waals surface area contributed by atoms with Gasteiger partial charge in [0.15, 0.2) is 11.3 Å². The van der Waals surface area contributed by atoms with Crippen LogP contribution in [0, 0.1) is 6.92 Å². The van der Waals surface area contributed by atoms with Crippen LogP contribution in [0.15, 0.2) is 81.2 Å². The number of hydrogen-bond donors (Lipinski definition) is 1. The van der Waals surface area contributed by atoms with E-state index >= 15 is 0 Å². The Bertz CT molecular complexity index is 1310. The van der Waals surface area contributed by atoms with Crippen LogP contribution in [0.4, 0.5) is 0 Å². The van der Waals surface area contributed by atoms with Crippen molar-refractivity contribution in [1.29, 1.82) is 0 Å². The number of aryl methyl sites for hydroxylation is 1. The summed E-state index contributed by atoms with van der Waals surface area (Å²) >= 11 is 6.13. The molecular weight excluding hydrogens is 424 g/mol. The quantitative estimate of drug-likeness (QED) is 0.491. The third-order valence-corrected chi connectivity index (χ3v) is 6.86. The fourth-order valence-corrected chi connectivity index (χ4v) is 4.85. The van der Waals surface area contributed by atoms with Gasteiger partial charge in [0.2, 0.25) is 9.84 Å². The third kappa shape index (κ3) is 3.94. The molecule has 0 fully saturated rings. The number of amides is 1. The van der Waals surface area contributed by atoms with Crippen molar-refractivity contribution in [3.05, 3.63) is 88.9 Å². The predicted octanol–water partition coefficient (Wildman–Crippen LogP) is 4.55. The Labute approximate surface area is 178 Å². The number of sulfone groups is 1. The van der Waals surface area contributed by atoms with Gasteiger partial charge in [0.25, 0.3) is 5.91 Å². The fourth-order valence-electron chi connectivity index (χ4n) is 3.00. The van der Waals surface area contributed by atoms with Gasteiger partial charge in [-0.05, 0) is 54.4 Å². The van der Waals surface area contributed by atoms with Crippen LogP contribution in [0.25, 0.3) is 11.0 Å². The Balaban J connectivity index is 1.47. The minimum Gasteiger partial charge on any atom is -0.449 e. The molecule has 0 bridgehead atoms. The van der Waals surface area contributed by atoms with E-state index in [1.807, 2.05) is 6.92 Å². The predicted molar refractivity (Wildman–Crippen MR) is 113 cm³/mol. The van der Waals surface area contributed by atoms with Crippen LogP contribution in [0.1, 0.15) is 21.7 Å². The van der Waals surface area contributed by atoms with Crippen LogP contribution in [0.5, 0.6) is 0 Å². The first-order valence-electron chi connectivity index (χ1n) is 9.06. The summed E-state index contributed by atoms with van der Waals surface area (Å²) in [6, 6.07) is 14.5. The van der Waals surface area contributed by atoms with Crippen molar-refractivity contribution in [2.75, 3.05) is 0 Å². The minimum atomic E-state index is -3.73. The average Bonchev–Trinajstić information content (AvgIpc) is 3.16. The Morgan fingerprint density at radius 1 is 1.10 bits per heavy atom. The van der Waals surface area contributed by atoms with Crippen molar-refractivity contribution in [3.8, 4) is 0 Å². The maximum Gasteiger partial charge on any atom is 0.287 e. The SMILES string of the molecule is Cc1ccc(S(=O)(=O)c2ccc(CNC(=O)c3cc4ccncc4o3)cc2)c(Cl)c1. The van der Waals surface area contributed by atoms with E-state index in [0.29, 0.717) is 5.58 Å². The molecule has 0 atom stereocenters. The molecule has 0 spiro atoms. The number of hydrogen-bond acceptors (Lipinski definition) is 5. The van der Waals surface area contributed by atoms with Gasteiger partial charge in [0, 0.05) is 18.1 Å². The molecule has 0 unspecified atom stereocenters. The molecule has 4 rings (SSSR count). The number of halogens is 1. The Hall–Kier alpha value is -3.16. The molecule has 0 radical (unpaired) electrons. The number of nitrogens with one attached hydrogen (secondary N) is 1. The van der Waals surface area contributed by atoms with Gasteiger partial charge in [-0.25, -0.2) is 8.42 Å². The number of benzene rings is 2. The third-order valence-electron chi connectivity index (χ3n) is 4.61. The highest BCUT2D eigenvalue weighted by molar-refractivity contribution is 7.91. The van der Waals surface area contributed by atoms with E-state index in [0.717, 1.165) is 16.5 Å². The van der Waals surface area contributed by atoms with Gasteiger partial charge in [0.05, 0.1) is 21.0 Å². The van der Waals surface area contributed by atoms with Gasteiger partial charge in [-0.1, -0.05) is 29.8 Å². The second-order valence-corrected chi connectivity index (χ2v) is 9.11. The zero-order chi connectivity index (χ0) is 21.3. The lowest BCUT2D eigenvalue weighted by Gasteiger charge is -2.09. The van der Waals surface area contributed by atoms with Crippen LogP contribution in [-0.2, 0) is 16.4 Å². The summed E-state index contributed by atoms with van der Waals surface area (Å²) in [6.07, 6.45) is 3.17. The summed E-state index contributed by atoms with van der Waals surface area (Å²) in [4.78, 5) is 16.5. The van der Waals surface area contributed by atoms with E-state index in [9.17, 15) is 13.2 Å². The average molecular weight is 441 g/mol. The monoisotopic (exact) mass is 440 g/mol. The smallest absolute Gasteiger partial charge is 0.287 e. The van der Waals surface area contributed by atoms with E-state index in [4.69, 9.17) is 16.0 Å².